The lowest BCUT2D eigenvalue weighted by Gasteiger charge is -2.10. The average Bonchev–Trinajstić information content (AvgIpc) is 2.47. The first-order valence-electron chi connectivity index (χ1n) is 4.00. The standard InChI is InChI=1S/C8H12Br2N2/c1-2-7(3-9)5-12-6-8(10)4-11-12/h4,6-7H,2-3,5H2,1H3. The minimum atomic E-state index is 0.678. The van der Waals surface area contributed by atoms with E-state index in [1.165, 1.54) is 6.42 Å². The van der Waals surface area contributed by atoms with Crippen LogP contribution < -0.4 is 0 Å². The van der Waals surface area contributed by atoms with Gasteiger partial charge in [-0.1, -0.05) is 29.3 Å². The number of halogens is 2. The summed E-state index contributed by atoms with van der Waals surface area (Å²) in [5.74, 6) is 0.678. The van der Waals surface area contributed by atoms with E-state index >= 15 is 0 Å². The van der Waals surface area contributed by atoms with Crippen molar-refractivity contribution in [3.63, 3.8) is 0 Å². The molecule has 4 heteroatoms. The number of hydrogen-bond acceptors (Lipinski definition) is 1. The molecule has 12 heavy (non-hydrogen) atoms. The minimum Gasteiger partial charge on any atom is -0.271 e. The normalized spacial score (nSPS) is 13.2. The molecular weight excluding hydrogens is 284 g/mol. The summed E-state index contributed by atoms with van der Waals surface area (Å²) in [7, 11) is 0. The van der Waals surface area contributed by atoms with Crippen molar-refractivity contribution in [3.8, 4) is 0 Å². The Bertz CT molecular complexity index is 231. The predicted octanol–water partition coefficient (Wildman–Crippen LogP) is 3.07. The summed E-state index contributed by atoms with van der Waals surface area (Å²) >= 11 is 6.86. The van der Waals surface area contributed by atoms with E-state index in [2.05, 4.69) is 43.9 Å². The molecule has 0 N–H and O–H groups in total. The maximum absolute atomic E-state index is 4.20. The second kappa shape index (κ2) is 5.02. The molecule has 68 valence electrons. The van der Waals surface area contributed by atoms with Crippen LogP contribution >= 0.6 is 31.9 Å². The minimum absolute atomic E-state index is 0.678. The molecule has 0 radical (unpaired) electrons. The number of nitrogens with zero attached hydrogens (tertiary/aromatic N) is 2. The molecule has 0 saturated heterocycles. The van der Waals surface area contributed by atoms with E-state index in [4.69, 9.17) is 0 Å². The van der Waals surface area contributed by atoms with Crippen molar-refractivity contribution in [2.75, 3.05) is 5.33 Å². The lowest BCUT2D eigenvalue weighted by atomic mass is 10.1. The summed E-state index contributed by atoms with van der Waals surface area (Å²) in [6.07, 6.45) is 5.01. The highest BCUT2D eigenvalue weighted by atomic mass is 79.9. The molecule has 0 aliphatic heterocycles. The van der Waals surface area contributed by atoms with E-state index in [1.54, 1.807) is 0 Å². The molecule has 2 nitrogen and oxygen atoms in total. The van der Waals surface area contributed by atoms with Gasteiger partial charge < -0.3 is 0 Å². The van der Waals surface area contributed by atoms with Crippen LogP contribution in [-0.2, 0) is 6.54 Å². The fourth-order valence-electron chi connectivity index (χ4n) is 0.990. The van der Waals surface area contributed by atoms with Gasteiger partial charge in [0.1, 0.15) is 0 Å². The highest BCUT2D eigenvalue weighted by molar-refractivity contribution is 9.10. The number of rotatable bonds is 4. The van der Waals surface area contributed by atoms with Crippen molar-refractivity contribution in [2.24, 2.45) is 5.92 Å². The molecule has 0 aliphatic rings. The summed E-state index contributed by atoms with van der Waals surface area (Å²) in [6, 6.07) is 0. The van der Waals surface area contributed by atoms with Crippen molar-refractivity contribution >= 4 is 31.9 Å². The van der Waals surface area contributed by atoms with Crippen LogP contribution in [0.2, 0.25) is 0 Å². The molecule has 0 aromatic carbocycles. The van der Waals surface area contributed by atoms with E-state index in [9.17, 15) is 0 Å². The van der Waals surface area contributed by atoms with Crippen LogP contribution in [0.5, 0.6) is 0 Å². The van der Waals surface area contributed by atoms with Crippen LogP contribution in [0.25, 0.3) is 0 Å². The first kappa shape index (κ1) is 10.3. The summed E-state index contributed by atoms with van der Waals surface area (Å²) in [6.45, 7) is 3.19. The Morgan fingerprint density at radius 2 is 2.42 bits per heavy atom. The van der Waals surface area contributed by atoms with Gasteiger partial charge in [0.15, 0.2) is 0 Å². The van der Waals surface area contributed by atoms with Crippen LogP contribution in [0.4, 0.5) is 0 Å². The van der Waals surface area contributed by atoms with Crippen LogP contribution in [-0.4, -0.2) is 15.1 Å². The zero-order valence-electron chi connectivity index (χ0n) is 7.00. The van der Waals surface area contributed by atoms with Gasteiger partial charge in [0, 0.05) is 18.1 Å². The summed E-state index contributed by atoms with van der Waals surface area (Å²) in [5, 5.41) is 5.24. The lowest BCUT2D eigenvalue weighted by molar-refractivity contribution is 0.447. The van der Waals surface area contributed by atoms with Gasteiger partial charge in [-0.15, -0.1) is 0 Å². The van der Waals surface area contributed by atoms with Crippen molar-refractivity contribution < 1.29 is 0 Å². The highest BCUT2D eigenvalue weighted by Gasteiger charge is 2.05. The van der Waals surface area contributed by atoms with Crippen LogP contribution in [0.1, 0.15) is 13.3 Å². The number of aromatic nitrogens is 2. The molecule has 0 bridgehead atoms. The maximum Gasteiger partial charge on any atom is 0.0632 e. The van der Waals surface area contributed by atoms with Gasteiger partial charge in [-0.05, 0) is 21.8 Å². The van der Waals surface area contributed by atoms with Gasteiger partial charge in [-0.25, -0.2) is 0 Å². The Balaban J connectivity index is 2.50. The van der Waals surface area contributed by atoms with E-state index in [0.29, 0.717) is 5.92 Å². The molecule has 0 saturated carbocycles. The fraction of sp³-hybridized carbons (Fsp3) is 0.625. The zero-order valence-corrected chi connectivity index (χ0v) is 10.2. The van der Waals surface area contributed by atoms with E-state index in [1.807, 2.05) is 17.1 Å². The van der Waals surface area contributed by atoms with E-state index < -0.39 is 0 Å². The molecule has 0 fully saturated rings. The first-order valence-corrected chi connectivity index (χ1v) is 5.91. The van der Waals surface area contributed by atoms with Crippen molar-refractivity contribution in [3.05, 3.63) is 16.9 Å². The zero-order chi connectivity index (χ0) is 8.97. The van der Waals surface area contributed by atoms with E-state index in [-0.39, 0.29) is 0 Å². The quantitative estimate of drug-likeness (QED) is 0.781. The third kappa shape index (κ3) is 2.90. The molecule has 1 heterocycles. The van der Waals surface area contributed by atoms with Crippen molar-refractivity contribution in [1.29, 1.82) is 0 Å². The Labute approximate surface area is 89.6 Å². The Morgan fingerprint density at radius 1 is 1.67 bits per heavy atom. The van der Waals surface area contributed by atoms with Gasteiger partial charge >= 0.3 is 0 Å². The van der Waals surface area contributed by atoms with Gasteiger partial charge in [0.2, 0.25) is 0 Å². The van der Waals surface area contributed by atoms with Gasteiger partial charge in [0.05, 0.1) is 10.7 Å². The monoisotopic (exact) mass is 294 g/mol. The Morgan fingerprint density at radius 3 is 2.83 bits per heavy atom. The third-order valence-corrected chi connectivity index (χ3v) is 3.17. The molecule has 1 rings (SSSR count). The maximum atomic E-state index is 4.20. The number of alkyl halides is 1. The Kier molecular flexibility index (Phi) is 4.29. The molecular formula is C8H12Br2N2. The second-order valence-corrected chi connectivity index (χ2v) is 4.37. The average molecular weight is 296 g/mol. The predicted molar refractivity (Wildman–Crippen MR) is 57.5 cm³/mol. The molecule has 0 amide bonds. The summed E-state index contributed by atoms with van der Waals surface area (Å²) in [4.78, 5) is 0. The van der Waals surface area contributed by atoms with Crippen LogP contribution in [0.15, 0.2) is 16.9 Å². The summed E-state index contributed by atoms with van der Waals surface area (Å²) in [5.41, 5.74) is 0. The molecule has 0 aliphatic carbocycles. The topological polar surface area (TPSA) is 17.8 Å². The Hall–Kier alpha value is 0.170. The molecule has 1 aromatic heterocycles. The highest BCUT2D eigenvalue weighted by Crippen LogP contribution is 2.12. The third-order valence-electron chi connectivity index (χ3n) is 1.84. The SMILES string of the molecule is CCC(CBr)Cn1cc(Br)cn1. The first-order chi connectivity index (χ1) is 5.76. The van der Waals surface area contributed by atoms with Gasteiger partial charge in [-0.2, -0.15) is 5.10 Å². The molecule has 1 aromatic rings. The number of hydrogen-bond donors (Lipinski definition) is 0. The lowest BCUT2D eigenvalue weighted by Crippen LogP contribution is -2.11. The van der Waals surface area contributed by atoms with E-state index in [0.717, 1.165) is 16.3 Å². The second-order valence-electron chi connectivity index (χ2n) is 2.81. The van der Waals surface area contributed by atoms with Crippen LogP contribution in [0, 0.1) is 5.92 Å². The van der Waals surface area contributed by atoms with Gasteiger partial charge in [0.25, 0.3) is 0 Å². The smallest absolute Gasteiger partial charge is 0.0632 e. The van der Waals surface area contributed by atoms with Crippen LogP contribution in [0.3, 0.4) is 0 Å². The fourth-order valence-corrected chi connectivity index (χ4v) is 1.98. The largest absolute Gasteiger partial charge is 0.271 e. The molecule has 0 spiro atoms. The summed E-state index contributed by atoms with van der Waals surface area (Å²) < 4.78 is 3.02. The van der Waals surface area contributed by atoms with Crippen molar-refractivity contribution in [2.45, 2.75) is 19.9 Å². The molecule has 1 unspecified atom stereocenters. The molecule has 1 atom stereocenters. The van der Waals surface area contributed by atoms with Gasteiger partial charge in [-0.3, -0.25) is 4.68 Å². The van der Waals surface area contributed by atoms with Crippen molar-refractivity contribution in [1.82, 2.24) is 9.78 Å².